The molecule has 4 rings (SSSR count). The Morgan fingerprint density at radius 2 is 1.78 bits per heavy atom. The molecule has 27 heavy (non-hydrogen) atoms. The van der Waals surface area contributed by atoms with Crippen LogP contribution in [0.2, 0.25) is 0 Å². The summed E-state index contributed by atoms with van der Waals surface area (Å²) < 4.78 is 7.58. The van der Waals surface area contributed by atoms with Gasteiger partial charge in [-0.1, -0.05) is 12.1 Å². The lowest BCUT2D eigenvalue weighted by atomic mass is 10.2. The molecule has 2 aromatic heterocycles. The van der Waals surface area contributed by atoms with Gasteiger partial charge in [-0.05, 0) is 57.2 Å². The Morgan fingerprint density at radius 1 is 1.07 bits per heavy atom. The van der Waals surface area contributed by atoms with E-state index in [0.29, 0.717) is 17.2 Å². The monoisotopic (exact) mass is 362 g/mol. The van der Waals surface area contributed by atoms with Crippen LogP contribution in [0, 0.1) is 0 Å². The number of nitrogens with one attached hydrogen (secondary N) is 1. The van der Waals surface area contributed by atoms with Gasteiger partial charge in [-0.3, -0.25) is 4.57 Å². The van der Waals surface area contributed by atoms with E-state index in [4.69, 9.17) is 10.5 Å². The van der Waals surface area contributed by atoms with Crippen LogP contribution in [0.15, 0.2) is 54.7 Å². The second kappa shape index (κ2) is 6.09. The highest BCUT2D eigenvalue weighted by Gasteiger charge is 2.19. The van der Waals surface area contributed by atoms with E-state index in [-0.39, 0.29) is 11.4 Å². The molecule has 0 amide bonds. The molecule has 0 saturated carbocycles. The first-order valence-electron chi connectivity index (χ1n) is 8.76. The Bertz CT molecular complexity index is 1070. The fraction of sp³-hybridized carbons (Fsp3) is 0.190. The summed E-state index contributed by atoms with van der Waals surface area (Å²) in [5.41, 5.74) is 9.10. The molecule has 2 aromatic carbocycles. The maximum Gasteiger partial charge on any atom is 0.146 e. The Labute approximate surface area is 157 Å². The first kappa shape index (κ1) is 17.0. The summed E-state index contributed by atoms with van der Waals surface area (Å²) in [4.78, 5) is 7.75. The van der Waals surface area contributed by atoms with E-state index in [9.17, 15) is 5.11 Å². The standard InChI is InChI=1S/C21H22N4O2/c1-21(2,3)27-14-10-8-13(9-11-14)25-12-17(26)18(19(25)22)20-23-15-6-4-5-7-16(15)24-20/h4-12,26H,22H2,1-3H3,(H,23,24). The summed E-state index contributed by atoms with van der Waals surface area (Å²) in [5, 5.41) is 10.5. The summed E-state index contributed by atoms with van der Waals surface area (Å²) in [7, 11) is 0. The van der Waals surface area contributed by atoms with Gasteiger partial charge in [0.1, 0.15) is 34.3 Å². The normalized spacial score (nSPS) is 11.8. The van der Waals surface area contributed by atoms with Gasteiger partial charge < -0.3 is 20.6 Å². The number of nitrogens with zero attached hydrogens (tertiary/aromatic N) is 2. The zero-order valence-electron chi connectivity index (χ0n) is 15.5. The third-order valence-corrected chi connectivity index (χ3v) is 4.19. The van der Waals surface area contributed by atoms with Crippen LogP contribution >= 0.6 is 0 Å². The van der Waals surface area contributed by atoms with Gasteiger partial charge in [0, 0.05) is 5.69 Å². The highest BCUT2D eigenvalue weighted by Crippen LogP contribution is 2.37. The van der Waals surface area contributed by atoms with E-state index >= 15 is 0 Å². The summed E-state index contributed by atoms with van der Waals surface area (Å²) in [6.45, 7) is 6.01. The van der Waals surface area contributed by atoms with Crippen molar-refractivity contribution in [1.29, 1.82) is 0 Å². The molecule has 4 N–H and O–H groups in total. The molecule has 0 aliphatic heterocycles. The van der Waals surface area contributed by atoms with Crippen molar-refractivity contribution in [3.05, 3.63) is 54.7 Å². The number of hydrogen-bond acceptors (Lipinski definition) is 4. The molecule has 0 atom stereocenters. The second-order valence-electron chi connectivity index (χ2n) is 7.46. The summed E-state index contributed by atoms with van der Waals surface area (Å²) >= 11 is 0. The molecule has 0 bridgehead atoms. The molecule has 0 spiro atoms. The highest BCUT2D eigenvalue weighted by molar-refractivity contribution is 5.85. The molecule has 0 saturated heterocycles. The second-order valence-corrected chi connectivity index (χ2v) is 7.46. The predicted molar refractivity (Wildman–Crippen MR) is 107 cm³/mol. The number of nitrogen functional groups attached to an aromatic ring is 1. The molecule has 0 aliphatic carbocycles. The topological polar surface area (TPSA) is 89.1 Å². The van der Waals surface area contributed by atoms with Crippen LogP contribution in [0.3, 0.4) is 0 Å². The smallest absolute Gasteiger partial charge is 0.146 e. The fourth-order valence-electron chi connectivity index (χ4n) is 3.06. The van der Waals surface area contributed by atoms with E-state index in [1.54, 1.807) is 10.8 Å². The van der Waals surface area contributed by atoms with E-state index in [2.05, 4.69) is 9.97 Å². The molecular weight excluding hydrogens is 340 g/mol. The van der Waals surface area contributed by atoms with E-state index in [1.807, 2.05) is 69.3 Å². The van der Waals surface area contributed by atoms with Gasteiger partial charge in [-0.25, -0.2) is 4.98 Å². The van der Waals surface area contributed by atoms with Crippen LogP contribution in [-0.4, -0.2) is 25.2 Å². The third kappa shape index (κ3) is 3.21. The van der Waals surface area contributed by atoms with Crippen molar-refractivity contribution < 1.29 is 9.84 Å². The lowest BCUT2D eigenvalue weighted by molar-refractivity contribution is 0.131. The lowest BCUT2D eigenvalue weighted by Gasteiger charge is -2.21. The minimum atomic E-state index is -0.263. The van der Waals surface area contributed by atoms with Crippen molar-refractivity contribution in [3.8, 4) is 28.6 Å². The molecule has 0 fully saturated rings. The van der Waals surface area contributed by atoms with Gasteiger partial charge in [0.2, 0.25) is 0 Å². The molecule has 4 aromatic rings. The van der Waals surface area contributed by atoms with Gasteiger partial charge in [-0.2, -0.15) is 0 Å². The van der Waals surface area contributed by atoms with Crippen molar-refractivity contribution in [1.82, 2.24) is 14.5 Å². The predicted octanol–water partition coefficient (Wildman–Crippen LogP) is 4.49. The number of aromatic amines is 1. The number of anilines is 1. The van der Waals surface area contributed by atoms with E-state index < -0.39 is 0 Å². The molecule has 0 unspecified atom stereocenters. The number of para-hydroxylation sites is 2. The van der Waals surface area contributed by atoms with Crippen molar-refractivity contribution in [2.24, 2.45) is 0 Å². The van der Waals surface area contributed by atoms with Crippen molar-refractivity contribution >= 4 is 16.9 Å². The molecule has 0 aliphatic rings. The Kier molecular flexibility index (Phi) is 3.84. The van der Waals surface area contributed by atoms with Crippen LogP contribution in [0.1, 0.15) is 20.8 Å². The number of nitrogens with two attached hydrogens (primary N) is 1. The Morgan fingerprint density at radius 3 is 2.44 bits per heavy atom. The quantitative estimate of drug-likeness (QED) is 0.501. The number of aromatic hydroxyl groups is 1. The number of fused-ring (bicyclic) bond motifs is 1. The van der Waals surface area contributed by atoms with E-state index in [0.717, 1.165) is 22.5 Å². The number of rotatable bonds is 3. The first-order chi connectivity index (χ1) is 12.8. The molecule has 2 heterocycles. The third-order valence-electron chi connectivity index (χ3n) is 4.19. The van der Waals surface area contributed by atoms with Gasteiger partial charge in [0.15, 0.2) is 0 Å². The summed E-state index contributed by atoms with van der Waals surface area (Å²) in [6, 6.07) is 15.3. The number of H-pyrrole nitrogens is 1. The van der Waals surface area contributed by atoms with Crippen molar-refractivity contribution in [2.75, 3.05) is 5.73 Å². The maximum absolute atomic E-state index is 10.5. The van der Waals surface area contributed by atoms with Crippen molar-refractivity contribution in [2.45, 2.75) is 26.4 Å². The molecule has 6 heteroatoms. The molecule has 0 radical (unpaired) electrons. The summed E-state index contributed by atoms with van der Waals surface area (Å²) in [5.74, 6) is 1.80. The molecule has 138 valence electrons. The average Bonchev–Trinajstić information content (AvgIpc) is 3.14. The van der Waals surface area contributed by atoms with Crippen LogP contribution in [0.25, 0.3) is 28.1 Å². The molecular formula is C21H22N4O2. The van der Waals surface area contributed by atoms with Gasteiger partial charge in [0.25, 0.3) is 0 Å². The number of aromatic nitrogens is 3. The zero-order valence-corrected chi connectivity index (χ0v) is 15.5. The minimum absolute atomic E-state index is 0.0709. The first-order valence-corrected chi connectivity index (χ1v) is 8.76. The van der Waals surface area contributed by atoms with Crippen LogP contribution in [-0.2, 0) is 0 Å². The summed E-state index contributed by atoms with van der Waals surface area (Å²) in [6.07, 6.45) is 1.59. The lowest BCUT2D eigenvalue weighted by Crippen LogP contribution is -2.22. The van der Waals surface area contributed by atoms with E-state index in [1.165, 1.54) is 0 Å². The van der Waals surface area contributed by atoms with Gasteiger partial charge >= 0.3 is 0 Å². The SMILES string of the molecule is CC(C)(C)Oc1ccc(-n2cc(O)c(-c3nc4ccccc4[nH]3)c2N)cc1. The number of ether oxygens (including phenoxy) is 1. The van der Waals surface area contributed by atoms with Crippen molar-refractivity contribution in [3.63, 3.8) is 0 Å². The largest absolute Gasteiger partial charge is 0.505 e. The Hall–Kier alpha value is -3.41. The van der Waals surface area contributed by atoms with Gasteiger partial charge in [-0.15, -0.1) is 0 Å². The number of hydrogen-bond donors (Lipinski definition) is 3. The number of imidazole rings is 1. The number of benzene rings is 2. The van der Waals surface area contributed by atoms with Crippen LogP contribution < -0.4 is 10.5 Å². The van der Waals surface area contributed by atoms with Gasteiger partial charge in [0.05, 0.1) is 17.2 Å². The van der Waals surface area contributed by atoms with Crippen LogP contribution in [0.4, 0.5) is 5.82 Å². The maximum atomic E-state index is 10.5. The fourth-order valence-corrected chi connectivity index (χ4v) is 3.06. The highest BCUT2D eigenvalue weighted by atomic mass is 16.5. The average molecular weight is 362 g/mol. The zero-order chi connectivity index (χ0) is 19.2. The molecule has 6 nitrogen and oxygen atoms in total. The minimum Gasteiger partial charge on any atom is -0.505 e. The Balaban J connectivity index is 1.72. The van der Waals surface area contributed by atoms with Crippen LogP contribution in [0.5, 0.6) is 11.5 Å².